The summed E-state index contributed by atoms with van der Waals surface area (Å²) in [6.45, 7) is 4.18. The Kier molecular flexibility index (Phi) is 3.85. The number of rotatable bonds is 4. The Morgan fingerprint density at radius 1 is 1.38 bits per heavy atom. The van der Waals surface area contributed by atoms with Gasteiger partial charge in [0.05, 0.1) is 5.41 Å². The van der Waals surface area contributed by atoms with Crippen molar-refractivity contribution in [3.05, 3.63) is 0 Å². The van der Waals surface area contributed by atoms with Crippen LogP contribution in [0.2, 0.25) is 0 Å². The largest absolute Gasteiger partial charge is 0.353 e. The van der Waals surface area contributed by atoms with E-state index in [4.69, 9.17) is 0 Å². The highest BCUT2D eigenvalue weighted by Gasteiger charge is 2.39. The summed E-state index contributed by atoms with van der Waals surface area (Å²) in [7, 11) is 0. The Morgan fingerprint density at radius 2 is 2.06 bits per heavy atom. The van der Waals surface area contributed by atoms with Crippen LogP contribution in [0, 0.1) is 5.41 Å². The predicted octanol–water partition coefficient (Wildman–Crippen LogP) is 1.82. The van der Waals surface area contributed by atoms with Crippen molar-refractivity contribution in [1.29, 1.82) is 0 Å². The zero-order chi connectivity index (χ0) is 11.4. The highest BCUT2D eigenvalue weighted by Crippen LogP contribution is 2.35. The Morgan fingerprint density at radius 3 is 2.56 bits per heavy atom. The van der Waals surface area contributed by atoms with Crippen LogP contribution < -0.4 is 10.6 Å². The van der Waals surface area contributed by atoms with Crippen molar-refractivity contribution in [1.82, 2.24) is 10.6 Å². The van der Waals surface area contributed by atoms with Gasteiger partial charge in [0.1, 0.15) is 0 Å². The zero-order valence-electron chi connectivity index (χ0n) is 10.3. The second-order valence-corrected chi connectivity index (χ2v) is 5.38. The van der Waals surface area contributed by atoms with Crippen LogP contribution in [0.15, 0.2) is 0 Å². The van der Waals surface area contributed by atoms with E-state index in [2.05, 4.69) is 17.6 Å². The van der Waals surface area contributed by atoms with E-state index in [9.17, 15) is 4.79 Å². The van der Waals surface area contributed by atoms with Gasteiger partial charge in [-0.3, -0.25) is 4.79 Å². The van der Waals surface area contributed by atoms with Gasteiger partial charge in [-0.15, -0.1) is 0 Å². The van der Waals surface area contributed by atoms with Gasteiger partial charge in [-0.2, -0.15) is 0 Å². The van der Waals surface area contributed by atoms with Gasteiger partial charge < -0.3 is 10.6 Å². The topological polar surface area (TPSA) is 41.1 Å². The SMILES string of the molecule is CCCC1(C(=O)NC2CCC2)CCNCC1. The van der Waals surface area contributed by atoms with Crippen molar-refractivity contribution < 1.29 is 4.79 Å². The first kappa shape index (κ1) is 11.9. The van der Waals surface area contributed by atoms with Crippen molar-refractivity contribution in [3.8, 4) is 0 Å². The lowest BCUT2D eigenvalue weighted by Gasteiger charge is -2.38. The van der Waals surface area contributed by atoms with Crippen LogP contribution in [-0.4, -0.2) is 25.0 Å². The molecule has 0 spiro atoms. The average molecular weight is 224 g/mol. The van der Waals surface area contributed by atoms with Crippen LogP contribution in [0.25, 0.3) is 0 Å². The molecule has 1 aliphatic heterocycles. The molecule has 2 rings (SSSR count). The quantitative estimate of drug-likeness (QED) is 0.765. The Balaban J connectivity index is 1.95. The summed E-state index contributed by atoms with van der Waals surface area (Å²) in [6.07, 6.45) is 7.84. The van der Waals surface area contributed by atoms with E-state index in [1.54, 1.807) is 0 Å². The molecule has 92 valence electrons. The van der Waals surface area contributed by atoms with Crippen molar-refractivity contribution in [2.24, 2.45) is 5.41 Å². The molecule has 0 radical (unpaired) electrons. The van der Waals surface area contributed by atoms with E-state index in [0.717, 1.165) is 38.8 Å². The van der Waals surface area contributed by atoms with E-state index in [-0.39, 0.29) is 5.41 Å². The maximum atomic E-state index is 12.4. The molecule has 3 heteroatoms. The van der Waals surface area contributed by atoms with Crippen LogP contribution in [0.5, 0.6) is 0 Å². The summed E-state index contributed by atoms with van der Waals surface area (Å²) >= 11 is 0. The number of amides is 1. The molecular formula is C13H24N2O. The molecule has 16 heavy (non-hydrogen) atoms. The first-order valence-electron chi connectivity index (χ1n) is 6.78. The summed E-state index contributed by atoms with van der Waals surface area (Å²) in [5, 5.41) is 6.60. The lowest BCUT2D eigenvalue weighted by molar-refractivity contribution is -0.134. The van der Waals surface area contributed by atoms with Gasteiger partial charge >= 0.3 is 0 Å². The van der Waals surface area contributed by atoms with Gasteiger partial charge in [-0.1, -0.05) is 13.3 Å². The fourth-order valence-corrected chi connectivity index (χ4v) is 2.87. The van der Waals surface area contributed by atoms with Gasteiger partial charge in [-0.25, -0.2) is 0 Å². The zero-order valence-corrected chi connectivity index (χ0v) is 10.3. The molecule has 0 aromatic carbocycles. The van der Waals surface area contributed by atoms with Crippen molar-refractivity contribution >= 4 is 5.91 Å². The molecule has 2 fully saturated rings. The number of piperidine rings is 1. The molecule has 0 atom stereocenters. The molecule has 2 aliphatic rings. The van der Waals surface area contributed by atoms with Crippen molar-refractivity contribution in [2.75, 3.05) is 13.1 Å². The number of carbonyl (C=O) groups excluding carboxylic acids is 1. The first-order chi connectivity index (χ1) is 7.77. The lowest BCUT2D eigenvalue weighted by Crippen LogP contribution is -2.51. The molecule has 1 amide bonds. The summed E-state index contributed by atoms with van der Waals surface area (Å²) in [6, 6.07) is 0.483. The van der Waals surface area contributed by atoms with Gasteiger partial charge in [0.15, 0.2) is 0 Å². The predicted molar refractivity (Wildman–Crippen MR) is 65.2 cm³/mol. The standard InChI is InChI=1S/C13H24N2O/c1-2-6-13(7-9-14-10-8-13)12(16)15-11-4-3-5-11/h11,14H,2-10H2,1H3,(H,15,16). The van der Waals surface area contributed by atoms with Crippen LogP contribution in [0.3, 0.4) is 0 Å². The summed E-state index contributed by atoms with van der Waals surface area (Å²) in [4.78, 5) is 12.4. The Hall–Kier alpha value is -0.570. The van der Waals surface area contributed by atoms with Crippen molar-refractivity contribution in [2.45, 2.75) is 57.9 Å². The molecule has 1 saturated carbocycles. The minimum absolute atomic E-state index is 0.0599. The summed E-state index contributed by atoms with van der Waals surface area (Å²) < 4.78 is 0. The molecule has 0 aromatic heterocycles. The van der Waals surface area contributed by atoms with Crippen molar-refractivity contribution in [3.63, 3.8) is 0 Å². The third-order valence-corrected chi connectivity index (χ3v) is 4.21. The highest BCUT2D eigenvalue weighted by molar-refractivity contribution is 5.83. The van der Waals surface area contributed by atoms with Crippen LogP contribution in [0.1, 0.15) is 51.9 Å². The minimum atomic E-state index is -0.0599. The fraction of sp³-hybridized carbons (Fsp3) is 0.923. The van der Waals surface area contributed by atoms with E-state index in [1.165, 1.54) is 19.3 Å². The van der Waals surface area contributed by atoms with Crippen LogP contribution >= 0.6 is 0 Å². The molecule has 0 unspecified atom stereocenters. The molecule has 1 aliphatic carbocycles. The molecule has 0 aromatic rings. The first-order valence-corrected chi connectivity index (χ1v) is 6.78. The van der Waals surface area contributed by atoms with Gasteiger partial charge in [0.2, 0.25) is 5.91 Å². The maximum absolute atomic E-state index is 12.4. The average Bonchev–Trinajstić information content (AvgIpc) is 2.25. The molecule has 0 bridgehead atoms. The number of hydrogen-bond donors (Lipinski definition) is 2. The molecular weight excluding hydrogens is 200 g/mol. The second kappa shape index (κ2) is 5.17. The van der Waals surface area contributed by atoms with E-state index < -0.39 is 0 Å². The normalized spacial score (nSPS) is 24.8. The Bertz CT molecular complexity index is 237. The number of carbonyl (C=O) groups is 1. The maximum Gasteiger partial charge on any atom is 0.226 e. The van der Waals surface area contributed by atoms with E-state index in [1.807, 2.05) is 0 Å². The monoisotopic (exact) mass is 224 g/mol. The fourth-order valence-electron chi connectivity index (χ4n) is 2.87. The second-order valence-electron chi connectivity index (χ2n) is 5.38. The molecule has 1 saturated heterocycles. The Labute approximate surface area is 98.4 Å². The van der Waals surface area contributed by atoms with Crippen LogP contribution in [-0.2, 0) is 4.79 Å². The number of hydrogen-bond acceptors (Lipinski definition) is 2. The highest BCUT2D eigenvalue weighted by atomic mass is 16.2. The summed E-state index contributed by atoms with van der Waals surface area (Å²) in [5.74, 6) is 0.334. The third kappa shape index (κ3) is 2.40. The third-order valence-electron chi connectivity index (χ3n) is 4.21. The minimum Gasteiger partial charge on any atom is -0.353 e. The molecule has 3 nitrogen and oxygen atoms in total. The number of nitrogens with one attached hydrogen (secondary N) is 2. The smallest absolute Gasteiger partial charge is 0.226 e. The van der Waals surface area contributed by atoms with E-state index >= 15 is 0 Å². The van der Waals surface area contributed by atoms with Gasteiger partial charge in [-0.05, 0) is 51.6 Å². The van der Waals surface area contributed by atoms with Gasteiger partial charge in [0.25, 0.3) is 0 Å². The lowest BCUT2D eigenvalue weighted by atomic mass is 9.74. The van der Waals surface area contributed by atoms with Crippen LogP contribution in [0.4, 0.5) is 0 Å². The van der Waals surface area contributed by atoms with E-state index in [0.29, 0.717) is 11.9 Å². The van der Waals surface area contributed by atoms with Gasteiger partial charge in [0, 0.05) is 6.04 Å². The molecule has 1 heterocycles. The molecule has 2 N–H and O–H groups in total. The summed E-state index contributed by atoms with van der Waals surface area (Å²) in [5.41, 5.74) is -0.0599.